The van der Waals surface area contributed by atoms with Gasteiger partial charge in [-0.05, 0) is 77.3 Å². The molecule has 0 heteroatoms. The fourth-order valence-electron chi connectivity index (χ4n) is 3.66. The summed E-state index contributed by atoms with van der Waals surface area (Å²) in [6, 6.07) is 20.2. The highest BCUT2D eigenvalue weighted by Gasteiger charge is 2.21. The lowest BCUT2D eigenvalue weighted by Crippen LogP contribution is -1.93. The molecule has 0 saturated carbocycles. The molecular weight excluding hydrogens is 264 g/mol. The molecule has 4 rings (SSSR count). The Labute approximate surface area is 132 Å². The van der Waals surface area contributed by atoms with Crippen LogP contribution in [0.1, 0.15) is 27.8 Å². The topological polar surface area (TPSA) is 0 Å². The van der Waals surface area contributed by atoms with Gasteiger partial charge in [-0.3, -0.25) is 0 Å². The van der Waals surface area contributed by atoms with Gasteiger partial charge >= 0.3 is 0 Å². The average Bonchev–Trinajstić information content (AvgIpc) is 2.90. The van der Waals surface area contributed by atoms with E-state index >= 15 is 0 Å². The van der Waals surface area contributed by atoms with E-state index in [1.165, 1.54) is 50.1 Å². The molecule has 0 amide bonds. The smallest absolute Gasteiger partial charge is 0.000728 e. The predicted octanol–water partition coefficient (Wildman–Crippen LogP) is 5.85. The molecule has 0 bridgehead atoms. The summed E-state index contributed by atoms with van der Waals surface area (Å²) in [6.07, 6.45) is 1.05. The molecule has 108 valence electrons. The molecule has 0 aromatic heterocycles. The lowest BCUT2D eigenvalue weighted by atomic mass is 9.90. The van der Waals surface area contributed by atoms with Crippen LogP contribution in [0.4, 0.5) is 0 Å². The van der Waals surface area contributed by atoms with Gasteiger partial charge in [-0.1, -0.05) is 54.6 Å². The zero-order valence-electron chi connectivity index (χ0n) is 13.4. The number of fused-ring (bicyclic) bond motifs is 3. The molecule has 0 N–H and O–H groups in total. The van der Waals surface area contributed by atoms with Crippen molar-refractivity contribution in [1.82, 2.24) is 0 Å². The minimum atomic E-state index is 1.05. The third-order valence-corrected chi connectivity index (χ3v) is 4.98. The first-order valence-electron chi connectivity index (χ1n) is 7.93. The van der Waals surface area contributed by atoms with Crippen molar-refractivity contribution in [2.45, 2.75) is 27.2 Å². The molecule has 1 aliphatic rings. The summed E-state index contributed by atoms with van der Waals surface area (Å²) in [6.45, 7) is 6.62. The van der Waals surface area contributed by atoms with Crippen LogP contribution in [0.2, 0.25) is 0 Å². The van der Waals surface area contributed by atoms with Crippen LogP contribution in [0.25, 0.3) is 22.3 Å². The molecule has 0 unspecified atom stereocenters. The Hall–Kier alpha value is -2.34. The number of hydrogen-bond acceptors (Lipinski definition) is 0. The van der Waals surface area contributed by atoms with Gasteiger partial charge in [-0.15, -0.1) is 0 Å². The molecule has 0 fully saturated rings. The van der Waals surface area contributed by atoms with Crippen LogP contribution in [-0.4, -0.2) is 0 Å². The van der Waals surface area contributed by atoms with Crippen LogP contribution >= 0.6 is 0 Å². The molecule has 0 saturated heterocycles. The van der Waals surface area contributed by atoms with Crippen molar-refractivity contribution in [1.29, 1.82) is 0 Å². The molecule has 0 spiro atoms. The van der Waals surface area contributed by atoms with Crippen LogP contribution in [-0.2, 0) is 6.42 Å². The fourth-order valence-corrected chi connectivity index (χ4v) is 3.66. The number of aryl methyl sites for hydroxylation is 3. The van der Waals surface area contributed by atoms with E-state index in [-0.39, 0.29) is 0 Å². The Kier molecular flexibility index (Phi) is 2.94. The molecule has 3 aromatic carbocycles. The molecule has 0 atom stereocenters. The third-order valence-electron chi connectivity index (χ3n) is 4.98. The second-order valence-electron chi connectivity index (χ2n) is 6.42. The van der Waals surface area contributed by atoms with Gasteiger partial charge in [0.15, 0.2) is 0 Å². The zero-order valence-corrected chi connectivity index (χ0v) is 13.4. The lowest BCUT2D eigenvalue weighted by Gasteiger charge is -2.14. The fraction of sp³-hybridized carbons (Fsp3) is 0.182. The quantitative estimate of drug-likeness (QED) is 0.411. The van der Waals surface area contributed by atoms with Crippen molar-refractivity contribution in [2.24, 2.45) is 0 Å². The van der Waals surface area contributed by atoms with Gasteiger partial charge in [0.1, 0.15) is 0 Å². The number of hydrogen-bond donors (Lipinski definition) is 0. The average molecular weight is 284 g/mol. The van der Waals surface area contributed by atoms with E-state index in [0.717, 1.165) is 6.42 Å². The van der Waals surface area contributed by atoms with Crippen LogP contribution < -0.4 is 0 Å². The van der Waals surface area contributed by atoms with Gasteiger partial charge in [0.05, 0.1) is 0 Å². The van der Waals surface area contributed by atoms with E-state index in [1.54, 1.807) is 0 Å². The molecular formula is C22H20. The maximum atomic E-state index is 2.35. The van der Waals surface area contributed by atoms with Crippen molar-refractivity contribution >= 4 is 0 Å². The van der Waals surface area contributed by atoms with Crippen molar-refractivity contribution in [3.8, 4) is 22.3 Å². The van der Waals surface area contributed by atoms with Crippen molar-refractivity contribution in [3.63, 3.8) is 0 Å². The summed E-state index contributed by atoms with van der Waals surface area (Å²) in [4.78, 5) is 0. The standard InChI is InChI=1S/C22H20/c1-14-11-16(3)21(12-15(14)2)20-10-6-9-19-18-8-5-4-7-17(18)13-22(19)20/h4-12H,13H2,1-3H3. The summed E-state index contributed by atoms with van der Waals surface area (Å²) >= 11 is 0. The second-order valence-corrected chi connectivity index (χ2v) is 6.42. The van der Waals surface area contributed by atoms with E-state index in [9.17, 15) is 0 Å². The van der Waals surface area contributed by atoms with Gasteiger partial charge in [0.25, 0.3) is 0 Å². The highest BCUT2D eigenvalue weighted by molar-refractivity contribution is 5.85. The molecule has 3 aromatic rings. The third kappa shape index (κ3) is 1.91. The highest BCUT2D eigenvalue weighted by atomic mass is 14.2. The molecule has 0 aliphatic heterocycles. The predicted molar refractivity (Wildman–Crippen MR) is 94.3 cm³/mol. The zero-order chi connectivity index (χ0) is 15.3. The summed E-state index contributed by atoms with van der Waals surface area (Å²) in [5.41, 5.74) is 12.6. The molecule has 1 aliphatic carbocycles. The van der Waals surface area contributed by atoms with Crippen LogP contribution in [0.3, 0.4) is 0 Å². The molecule has 22 heavy (non-hydrogen) atoms. The van der Waals surface area contributed by atoms with Gasteiger partial charge in [0, 0.05) is 0 Å². The first kappa shape index (κ1) is 13.3. The van der Waals surface area contributed by atoms with Crippen molar-refractivity contribution in [2.75, 3.05) is 0 Å². The van der Waals surface area contributed by atoms with E-state index in [0.29, 0.717) is 0 Å². The monoisotopic (exact) mass is 284 g/mol. The molecule has 0 radical (unpaired) electrons. The Morgan fingerprint density at radius 1 is 0.591 bits per heavy atom. The molecule has 0 heterocycles. The highest BCUT2D eigenvalue weighted by Crippen LogP contribution is 2.42. The SMILES string of the molecule is Cc1cc(C)c(-c2cccc3c2Cc2ccccc2-3)cc1C. The Balaban J connectivity index is 1.95. The van der Waals surface area contributed by atoms with E-state index in [1.807, 2.05) is 0 Å². The van der Waals surface area contributed by atoms with Gasteiger partial charge < -0.3 is 0 Å². The van der Waals surface area contributed by atoms with Gasteiger partial charge in [-0.2, -0.15) is 0 Å². The second kappa shape index (κ2) is 4.84. The largest absolute Gasteiger partial charge is 0.0619 e. The number of rotatable bonds is 1. The van der Waals surface area contributed by atoms with E-state index < -0.39 is 0 Å². The van der Waals surface area contributed by atoms with Crippen LogP contribution in [0.5, 0.6) is 0 Å². The van der Waals surface area contributed by atoms with Crippen molar-refractivity contribution in [3.05, 3.63) is 82.4 Å². The van der Waals surface area contributed by atoms with E-state index in [2.05, 4.69) is 75.4 Å². The summed E-state index contributed by atoms with van der Waals surface area (Å²) < 4.78 is 0. The first-order valence-corrected chi connectivity index (χ1v) is 7.93. The van der Waals surface area contributed by atoms with Gasteiger partial charge in [0.2, 0.25) is 0 Å². The van der Waals surface area contributed by atoms with Crippen LogP contribution in [0, 0.1) is 20.8 Å². The minimum Gasteiger partial charge on any atom is -0.0619 e. The summed E-state index contributed by atoms with van der Waals surface area (Å²) in [5.74, 6) is 0. The Morgan fingerprint density at radius 2 is 1.23 bits per heavy atom. The van der Waals surface area contributed by atoms with Gasteiger partial charge in [-0.25, -0.2) is 0 Å². The normalized spacial score (nSPS) is 12.1. The minimum absolute atomic E-state index is 1.05. The Bertz CT molecular complexity index is 885. The summed E-state index contributed by atoms with van der Waals surface area (Å²) in [7, 11) is 0. The van der Waals surface area contributed by atoms with Crippen molar-refractivity contribution < 1.29 is 0 Å². The number of benzene rings is 3. The maximum absolute atomic E-state index is 2.35. The Morgan fingerprint density at radius 3 is 2.05 bits per heavy atom. The molecule has 0 nitrogen and oxygen atoms in total. The first-order chi connectivity index (χ1) is 10.6. The lowest BCUT2D eigenvalue weighted by molar-refractivity contribution is 1.25. The summed E-state index contributed by atoms with van der Waals surface area (Å²) in [5, 5.41) is 0. The van der Waals surface area contributed by atoms with Crippen LogP contribution in [0.15, 0.2) is 54.6 Å². The maximum Gasteiger partial charge on any atom is -0.000728 e. The van der Waals surface area contributed by atoms with E-state index in [4.69, 9.17) is 0 Å².